The molecule has 0 fully saturated rings. The predicted molar refractivity (Wildman–Crippen MR) is 59.2 cm³/mol. The molecular weight excluding hydrogens is 251 g/mol. The van der Waals surface area contributed by atoms with E-state index in [4.69, 9.17) is 0 Å². The second-order valence-electron chi connectivity index (χ2n) is 2.94. The van der Waals surface area contributed by atoms with Crippen LogP contribution >= 0.6 is 27.3 Å². The van der Waals surface area contributed by atoms with Crippen molar-refractivity contribution in [3.05, 3.63) is 34.5 Å². The second-order valence-corrected chi connectivity index (χ2v) is 4.42. The molecule has 0 spiro atoms. The van der Waals surface area contributed by atoms with E-state index in [0.717, 1.165) is 15.6 Å². The van der Waals surface area contributed by atoms with E-state index in [9.17, 15) is 4.39 Å². The Hall–Kier alpha value is -0.410. The number of fused-ring (bicyclic) bond motifs is 1. The highest BCUT2D eigenvalue weighted by Gasteiger charge is 2.08. The summed E-state index contributed by atoms with van der Waals surface area (Å²) in [4.78, 5) is 0. The highest BCUT2D eigenvalue weighted by molar-refractivity contribution is 9.08. The molecule has 0 aliphatic carbocycles. The number of benzene rings is 1. The van der Waals surface area contributed by atoms with E-state index in [1.54, 1.807) is 6.07 Å². The molecule has 0 aliphatic rings. The first-order chi connectivity index (χ1) is 6.24. The predicted octanol–water partition coefficient (Wildman–Crippen LogP) is 4.24. The van der Waals surface area contributed by atoms with Crippen molar-refractivity contribution in [1.29, 1.82) is 0 Å². The molecule has 2 rings (SSSR count). The molecule has 68 valence electrons. The average molecular weight is 259 g/mol. The zero-order chi connectivity index (χ0) is 9.42. The molecule has 0 bridgehead atoms. The van der Waals surface area contributed by atoms with Crippen LogP contribution in [0.25, 0.3) is 10.1 Å². The Kier molecular flexibility index (Phi) is 2.39. The Morgan fingerprint density at radius 1 is 1.54 bits per heavy atom. The summed E-state index contributed by atoms with van der Waals surface area (Å²) in [6.07, 6.45) is 0. The van der Waals surface area contributed by atoms with Crippen LogP contribution in [0.3, 0.4) is 0 Å². The lowest BCUT2D eigenvalue weighted by Gasteiger charge is -2.04. The highest BCUT2D eigenvalue weighted by Crippen LogP contribution is 2.30. The number of aryl methyl sites for hydroxylation is 1. The quantitative estimate of drug-likeness (QED) is 0.672. The summed E-state index contributed by atoms with van der Waals surface area (Å²) in [5.41, 5.74) is 2.21. The molecule has 1 aromatic heterocycles. The van der Waals surface area contributed by atoms with E-state index in [1.807, 2.05) is 18.4 Å². The average Bonchev–Trinajstić information content (AvgIpc) is 2.60. The largest absolute Gasteiger partial charge is 0.205 e. The van der Waals surface area contributed by atoms with Crippen molar-refractivity contribution in [3.63, 3.8) is 0 Å². The van der Waals surface area contributed by atoms with Crippen molar-refractivity contribution in [2.75, 3.05) is 0 Å². The maximum Gasteiger partial charge on any atom is 0.141 e. The first-order valence-electron chi connectivity index (χ1n) is 3.95. The normalized spacial score (nSPS) is 11.0. The number of thiophene rings is 1. The minimum Gasteiger partial charge on any atom is -0.205 e. The molecule has 0 N–H and O–H groups in total. The highest BCUT2D eigenvalue weighted by atomic mass is 79.9. The number of rotatable bonds is 1. The van der Waals surface area contributed by atoms with E-state index < -0.39 is 0 Å². The van der Waals surface area contributed by atoms with Gasteiger partial charge in [0, 0.05) is 5.33 Å². The van der Waals surface area contributed by atoms with Gasteiger partial charge in [-0.25, -0.2) is 4.39 Å². The third kappa shape index (κ3) is 1.40. The van der Waals surface area contributed by atoms with Crippen molar-refractivity contribution in [2.45, 2.75) is 12.3 Å². The summed E-state index contributed by atoms with van der Waals surface area (Å²) in [5.74, 6) is -0.106. The van der Waals surface area contributed by atoms with Gasteiger partial charge in [0.15, 0.2) is 0 Å². The molecule has 0 aliphatic heterocycles. The fourth-order valence-electron chi connectivity index (χ4n) is 1.43. The SMILES string of the molecule is Cc1c(CBr)cc(F)c2sccc12. The molecule has 1 heterocycles. The minimum absolute atomic E-state index is 0.106. The number of hydrogen-bond acceptors (Lipinski definition) is 1. The Morgan fingerprint density at radius 3 is 3.00 bits per heavy atom. The first-order valence-corrected chi connectivity index (χ1v) is 5.95. The number of hydrogen-bond donors (Lipinski definition) is 0. The smallest absolute Gasteiger partial charge is 0.141 e. The van der Waals surface area contributed by atoms with Crippen LogP contribution in [0.1, 0.15) is 11.1 Å². The summed E-state index contributed by atoms with van der Waals surface area (Å²) < 4.78 is 14.2. The van der Waals surface area contributed by atoms with E-state index in [2.05, 4.69) is 15.9 Å². The number of alkyl halides is 1. The standard InChI is InChI=1S/C10H8BrFS/c1-6-7(5-11)4-9(12)10-8(6)2-3-13-10/h2-4H,5H2,1H3. The Balaban J connectivity index is 2.85. The molecule has 0 atom stereocenters. The fourth-order valence-corrected chi connectivity index (χ4v) is 2.87. The van der Waals surface area contributed by atoms with Gasteiger partial charge in [0.1, 0.15) is 5.82 Å². The monoisotopic (exact) mass is 258 g/mol. The fraction of sp³-hybridized carbons (Fsp3) is 0.200. The van der Waals surface area contributed by atoms with Gasteiger partial charge in [0.2, 0.25) is 0 Å². The van der Waals surface area contributed by atoms with Gasteiger partial charge >= 0.3 is 0 Å². The molecule has 0 saturated carbocycles. The molecule has 2 aromatic rings. The van der Waals surface area contributed by atoms with Crippen LogP contribution in [0.5, 0.6) is 0 Å². The summed E-state index contributed by atoms with van der Waals surface area (Å²) in [6, 6.07) is 3.59. The van der Waals surface area contributed by atoms with Crippen molar-refractivity contribution in [1.82, 2.24) is 0 Å². The van der Waals surface area contributed by atoms with Crippen LogP contribution in [0.2, 0.25) is 0 Å². The van der Waals surface area contributed by atoms with Crippen LogP contribution in [0, 0.1) is 12.7 Å². The third-order valence-electron chi connectivity index (χ3n) is 2.21. The Bertz CT molecular complexity index is 447. The van der Waals surface area contributed by atoms with Gasteiger partial charge in [-0.05, 0) is 40.9 Å². The van der Waals surface area contributed by atoms with Gasteiger partial charge in [0.05, 0.1) is 4.70 Å². The van der Waals surface area contributed by atoms with E-state index in [0.29, 0.717) is 5.33 Å². The van der Waals surface area contributed by atoms with Gasteiger partial charge in [-0.15, -0.1) is 11.3 Å². The number of halogens is 2. The molecule has 0 unspecified atom stereocenters. The van der Waals surface area contributed by atoms with Gasteiger partial charge in [-0.1, -0.05) is 15.9 Å². The molecule has 13 heavy (non-hydrogen) atoms. The molecule has 1 aromatic carbocycles. The van der Waals surface area contributed by atoms with Crippen molar-refractivity contribution < 1.29 is 4.39 Å². The maximum atomic E-state index is 13.4. The third-order valence-corrected chi connectivity index (χ3v) is 3.74. The van der Waals surface area contributed by atoms with Crippen LogP contribution in [0.4, 0.5) is 4.39 Å². The van der Waals surface area contributed by atoms with Gasteiger partial charge < -0.3 is 0 Å². The van der Waals surface area contributed by atoms with Crippen LogP contribution in [-0.4, -0.2) is 0 Å². The summed E-state index contributed by atoms with van der Waals surface area (Å²) in [7, 11) is 0. The summed E-state index contributed by atoms with van der Waals surface area (Å²) >= 11 is 4.81. The zero-order valence-electron chi connectivity index (χ0n) is 7.10. The van der Waals surface area contributed by atoms with E-state index >= 15 is 0 Å². The van der Waals surface area contributed by atoms with E-state index in [1.165, 1.54) is 16.9 Å². The maximum absolute atomic E-state index is 13.4. The summed E-state index contributed by atoms with van der Waals surface area (Å²) in [6.45, 7) is 2.03. The van der Waals surface area contributed by atoms with Gasteiger partial charge in [-0.3, -0.25) is 0 Å². The van der Waals surface area contributed by atoms with Crippen LogP contribution in [-0.2, 0) is 5.33 Å². The molecule has 0 saturated heterocycles. The lowest BCUT2D eigenvalue weighted by atomic mass is 10.1. The van der Waals surface area contributed by atoms with Crippen molar-refractivity contribution in [3.8, 4) is 0 Å². The van der Waals surface area contributed by atoms with Crippen LogP contribution in [0.15, 0.2) is 17.5 Å². The van der Waals surface area contributed by atoms with Gasteiger partial charge in [0.25, 0.3) is 0 Å². The van der Waals surface area contributed by atoms with Crippen molar-refractivity contribution >= 4 is 37.4 Å². The Morgan fingerprint density at radius 2 is 2.31 bits per heavy atom. The first kappa shape index (κ1) is 9.16. The lowest BCUT2D eigenvalue weighted by Crippen LogP contribution is -1.87. The Labute approximate surface area is 88.5 Å². The summed E-state index contributed by atoms with van der Waals surface area (Å²) in [5, 5.41) is 3.68. The zero-order valence-corrected chi connectivity index (χ0v) is 9.51. The van der Waals surface area contributed by atoms with E-state index in [-0.39, 0.29) is 5.82 Å². The molecule has 3 heteroatoms. The topological polar surface area (TPSA) is 0 Å². The minimum atomic E-state index is -0.106. The van der Waals surface area contributed by atoms with Crippen LogP contribution < -0.4 is 0 Å². The molecule has 0 nitrogen and oxygen atoms in total. The lowest BCUT2D eigenvalue weighted by molar-refractivity contribution is 0.640. The molecule has 0 radical (unpaired) electrons. The second kappa shape index (κ2) is 3.39. The van der Waals surface area contributed by atoms with Gasteiger partial charge in [-0.2, -0.15) is 0 Å². The van der Waals surface area contributed by atoms with Crippen molar-refractivity contribution in [2.24, 2.45) is 0 Å². The molecular formula is C10H8BrFS. The molecule has 0 amide bonds.